The van der Waals surface area contributed by atoms with Crippen LogP contribution in [0.3, 0.4) is 0 Å². The van der Waals surface area contributed by atoms with Gasteiger partial charge < -0.3 is 122 Å². The summed E-state index contributed by atoms with van der Waals surface area (Å²) in [5.41, 5.74) is 32.6. The maximum absolute atomic E-state index is 12.9. The van der Waals surface area contributed by atoms with Gasteiger partial charge in [0.15, 0.2) is 11.6 Å². The van der Waals surface area contributed by atoms with Gasteiger partial charge in [0.05, 0.1) is 46.6 Å². The number of carbonyl (C=O) groups excluding carboxylic acids is 16. The smallest absolute Gasteiger partial charge is 0.341 e. The summed E-state index contributed by atoms with van der Waals surface area (Å²) in [5, 5.41) is 62.5. The van der Waals surface area contributed by atoms with Gasteiger partial charge in [0, 0.05) is 123 Å². The Balaban J connectivity index is 0.000000779. The number of aromatic hydroxyl groups is 4. The maximum atomic E-state index is 12.9. The molecular weight excluding hydrogens is 1520 g/mol. The van der Waals surface area contributed by atoms with E-state index in [1.54, 1.807) is 13.8 Å². The number of phenolic OH excluding ortho intramolecular Hbond substituents is 4. The lowest BCUT2D eigenvalue weighted by Gasteiger charge is -2.23. The molecule has 13 amide bonds. The molecule has 25 N–H and O–H groups in total. The van der Waals surface area contributed by atoms with Crippen molar-refractivity contribution in [1.29, 1.82) is 0 Å². The predicted molar refractivity (Wildman–Crippen MR) is 426 cm³/mol. The number of ketones is 3. The number of primary amides is 4. The molecule has 0 heterocycles. The number of methoxy groups -OCH3 is 4. The number of urea groups is 4. The normalized spacial score (nSPS) is 12.4. The fourth-order valence-corrected chi connectivity index (χ4v) is 10.6. The van der Waals surface area contributed by atoms with Crippen LogP contribution in [0.5, 0.6) is 23.0 Å². The molecule has 0 aliphatic heterocycles. The number of hydrogen-bond acceptors (Lipinski definition) is 26. The van der Waals surface area contributed by atoms with E-state index < -0.39 is 102 Å². The van der Waals surface area contributed by atoms with E-state index in [0.717, 1.165) is 0 Å². The summed E-state index contributed by atoms with van der Waals surface area (Å²) in [7, 11) is 4.76. The fraction of sp³-hybridized carbons (Fsp3) is 0.481. The summed E-state index contributed by atoms with van der Waals surface area (Å²) < 4.78 is 18.2. The summed E-state index contributed by atoms with van der Waals surface area (Å²) >= 11 is 0. The van der Waals surface area contributed by atoms with Gasteiger partial charge in [-0.1, -0.05) is 48.5 Å². The average molecular weight is 1630 g/mol. The first-order chi connectivity index (χ1) is 54.4. The van der Waals surface area contributed by atoms with Gasteiger partial charge in [-0.2, -0.15) is 0 Å². The first-order valence-electron chi connectivity index (χ1n) is 36.8. The number of nitrogens with one attached hydrogen (secondary N) is 9. The van der Waals surface area contributed by atoms with E-state index in [1.165, 1.54) is 108 Å². The molecule has 0 bridgehead atoms. The Hall–Kier alpha value is -12.7. The molecular formula is C77H113N15O24. The number of nitrogens with two attached hydrogens (primary N) is 6. The molecule has 4 rings (SSSR count). The standard InChI is InChI=1S/C22H32N4O7.C21H31N3O6.C20H30N4O6.C14H20N4O5/c1-12(2)19(25-13(3)27)18(29)10-14(6-5-9-24-22(23)32)20(30)26-15-7-8-16(17(28)11-15)21(31)33-4;1-12(2)13(3)17(25)10-14(6-5-9-23-21(22)29)19(27)24-15-7-8-16(18(26)11-15)20(28)30-4;1-11(2)17(21)16(26)9-12(5-4-8-23-20(22)29)18(27)24-13-6-7-14(15(25)10-13)19(28)30-3;1-23-13(21)9-5-4-8(7-11(9)19)18-12(20)10(15)3-2-6-17-14(16)22/h7-8,11-12,14,19,28H,5-6,9-10H2,1-4H3,(H,25,27)(H,26,30)(H3,23,24,32);7-8,11-14,26H,5-6,9-10H2,1-4H3,(H,24,27)(H3,22,23,29);6-7,10-12,17,25H,4-5,8-9,21H2,1-3H3,(H,24,27)(H3,22,23,29);4-5,7,10,19H,2-3,6,15H2,1H3,(H,18,20)(H3,16,17,22)/t14-,19+;13-,14+;12-,17+;10-/m1010/s1. The van der Waals surface area contributed by atoms with Gasteiger partial charge in [0.2, 0.25) is 29.5 Å². The fourth-order valence-electron chi connectivity index (χ4n) is 10.6. The number of amides is 13. The Bertz CT molecular complexity index is 3910. The molecule has 116 heavy (non-hydrogen) atoms. The highest BCUT2D eigenvalue weighted by atomic mass is 16.5. The third-order valence-electron chi connectivity index (χ3n) is 17.5. The predicted octanol–water partition coefficient (Wildman–Crippen LogP) is 4.75. The van der Waals surface area contributed by atoms with Crippen LogP contribution < -0.4 is 82.3 Å². The third-order valence-corrected chi connectivity index (χ3v) is 17.5. The zero-order valence-corrected chi connectivity index (χ0v) is 67.2. The van der Waals surface area contributed by atoms with Gasteiger partial charge in [0.25, 0.3) is 0 Å². The van der Waals surface area contributed by atoms with Crippen molar-refractivity contribution in [2.45, 2.75) is 144 Å². The van der Waals surface area contributed by atoms with Gasteiger partial charge in [-0.25, -0.2) is 38.4 Å². The Kier molecular flexibility index (Phi) is 45.9. The van der Waals surface area contributed by atoms with Crippen molar-refractivity contribution in [2.24, 2.45) is 75.8 Å². The second kappa shape index (κ2) is 52.6. The zero-order valence-electron chi connectivity index (χ0n) is 67.2. The van der Waals surface area contributed by atoms with E-state index >= 15 is 0 Å². The van der Waals surface area contributed by atoms with E-state index in [-0.39, 0.29) is 154 Å². The monoisotopic (exact) mass is 1630 g/mol. The van der Waals surface area contributed by atoms with Crippen LogP contribution in [0.2, 0.25) is 0 Å². The highest BCUT2D eigenvalue weighted by Crippen LogP contribution is 2.30. The van der Waals surface area contributed by atoms with Crippen LogP contribution in [0.25, 0.3) is 0 Å². The van der Waals surface area contributed by atoms with Gasteiger partial charge in [-0.15, -0.1) is 0 Å². The van der Waals surface area contributed by atoms with Crippen LogP contribution >= 0.6 is 0 Å². The van der Waals surface area contributed by atoms with Crippen LogP contribution in [0.15, 0.2) is 72.8 Å². The SMILES string of the molecule is COC(=O)c1ccc(NC(=O)[C@@H](N)CCCNC(N)=O)cc1O.COC(=O)c1ccc(NC(=O)[C@H](CCCNC(N)=O)CC(=O)[C@@H](C)C(C)C)cc1O.COC(=O)c1ccc(NC(=O)[C@H](CCCNC(N)=O)CC(=O)[C@@H](N)C(C)C)cc1O.COC(=O)c1ccc(NC(=O)[C@H](CCCNC(N)=O)CC(=O)[C@@H](NC(C)=O)C(C)C)cc1O. The topological polar surface area (TPSA) is 655 Å². The van der Waals surface area contributed by atoms with Crippen molar-refractivity contribution in [3.63, 3.8) is 0 Å². The molecule has 0 fully saturated rings. The quantitative estimate of drug-likeness (QED) is 0.0162. The Morgan fingerprint density at radius 2 is 0.629 bits per heavy atom. The first-order valence-corrected chi connectivity index (χ1v) is 36.8. The number of carbonyl (C=O) groups is 16. The number of phenols is 4. The summed E-state index contributed by atoms with van der Waals surface area (Å²) in [4.78, 5) is 189. The molecule has 0 radical (unpaired) electrons. The van der Waals surface area contributed by atoms with E-state index in [0.29, 0.717) is 63.7 Å². The van der Waals surface area contributed by atoms with Crippen molar-refractivity contribution in [2.75, 3.05) is 75.9 Å². The molecule has 640 valence electrons. The number of benzene rings is 4. The highest BCUT2D eigenvalue weighted by Gasteiger charge is 2.32. The van der Waals surface area contributed by atoms with Gasteiger partial charge in [-0.3, -0.25) is 38.4 Å². The summed E-state index contributed by atoms with van der Waals surface area (Å²) in [6.07, 6.45) is 2.92. The lowest BCUT2D eigenvalue weighted by atomic mass is 9.86. The van der Waals surface area contributed by atoms with Crippen LogP contribution in [-0.4, -0.2) is 188 Å². The molecule has 4 aromatic rings. The number of hydrogen-bond donors (Lipinski definition) is 19. The highest BCUT2D eigenvalue weighted by molar-refractivity contribution is 6.02. The molecule has 4 aromatic carbocycles. The third kappa shape index (κ3) is 38.2. The molecule has 0 aromatic heterocycles. The maximum Gasteiger partial charge on any atom is 0.341 e. The molecule has 0 aliphatic rings. The molecule has 0 saturated heterocycles. The molecule has 0 saturated carbocycles. The number of ether oxygens (including phenoxy) is 4. The lowest BCUT2D eigenvalue weighted by molar-refractivity contribution is -0.130. The van der Waals surface area contributed by atoms with Crippen molar-refractivity contribution in [1.82, 2.24) is 26.6 Å². The van der Waals surface area contributed by atoms with E-state index in [4.69, 9.17) is 34.4 Å². The summed E-state index contributed by atoms with van der Waals surface area (Å²) in [5.74, 6) is -9.21. The molecule has 7 atom stereocenters. The molecule has 39 nitrogen and oxygen atoms in total. The van der Waals surface area contributed by atoms with E-state index in [1.807, 2.05) is 34.6 Å². The Morgan fingerprint density at radius 3 is 0.871 bits per heavy atom. The van der Waals surface area contributed by atoms with Crippen molar-refractivity contribution >= 4 is 118 Å². The average Bonchev–Trinajstić information content (AvgIpc) is 0.855. The van der Waals surface area contributed by atoms with Crippen molar-refractivity contribution < 1.29 is 116 Å². The molecule has 0 unspecified atom stereocenters. The van der Waals surface area contributed by atoms with Gasteiger partial charge in [0.1, 0.15) is 51.0 Å². The van der Waals surface area contributed by atoms with Crippen LogP contribution in [0.1, 0.15) is 167 Å². The number of anilines is 4. The van der Waals surface area contributed by atoms with Gasteiger partial charge in [-0.05, 0) is 118 Å². The second-order valence-corrected chi connectivity index (χ2v) is 27.5. The number of esters is 4. The number of rotatable bonds is 41. The molecule has 0 spiro atoms. The van der Waals surface area contributed by atoms with Crippen LogP contribution in [0, 0.1) is 41.4 Å². The van der Waals surface area contributed by atoms with Crippen molar-refractivity contribution in [3.05, 3.63) is 95.1 Å². The van der Waals surface area contributed by atoms with Crippen LogP contribution in [0.4, 0.5) is 41.9 Å². The molecule has 39 heteroatoms. The van der Waals surface area contributed by atoms with Gasteiger partial charge >= 0.3 is 48.0 Å². The Morgan fingerprint density at radius 1 is 0.362 bits per heavy atom. The minimum Gasteiger partial charge on any atom is -0.507 e. The van der Waals surface area contributed by atoms with E-state index in [2.05, 4.69) is 66.8 Å². The lowest BCUT2D eigenvalue weighted by Crippen LogP contribution is -2.44. The van der Waals surface area contributed by atoms with E-state index in [9.17, 15) is 97.1 Å². The minimum atomic E-state index is -0.785. The summed E-state index contributed by atoms with van der Waals surface area (Å²) in [6, 6.07) is 11.1. The molecule has 0 aliphatic carbocycles. The van der Waals surface area contributed by atoms with Crippen molar-refractivity contribution in [3.8, 4) is 23.0 Å². The zero-order chi connectivity index (χ0) is 88.2. The largest absolute Gasteiger partial charge is 0.507 e. The number of Topliss-reactive ketones (excluding diaryl/α,β-unsaturated/α-hetero) is 3. The summed E-state index contributed by atoms with van der Waals surface area (Å²) in [6.45, 7) is 15.4. The minimum absolute atomic E-state index is 0.00711. The first kappa shape index (κ1) is 101. The van der Waals surface area contributed by atoms with Crippen LogP contribution in [-0.2, 0) is 57.3 Å². The Labute approximate surface area is 671 Å². The second-order valence-electron chi connectivity index (χ2n) is 27.5.